The number of ether oxygens (including phenoxy) is 3. The number of benzene rings is 1. The Hall–Kier alpha value is -3.90. The molecule has 13 heteroatoms. The SMILES string of the molecule is CCOC(=O)[C@@]12C[C@H]1C=CCCCCN(C)C(=O)N[C@@H](CCOc1cc(-c3nc(C(C)C)cs3)nc3c(Cl)c(OC)ccc13)C(=O)N2. The maximum atomic E-state index is 13.8. The van der Waals surface area contributed by atoms with Crippen molar-refractivity contribution in [2.45, 2.75) is 70.4 Å². The molecular formula is C34H42ClN5O6S. The molecule has 0 unspecified atom stereocenters. The third kappa shape index (κ3) is 7.65. The van der Waals surface area contributed by atoms with E-state index in [0.717, 1.165) is 30.0 Å². The summed E-state index contributed by atoms with van der Waals surface area (Å²) < 4.78 is 17.1. The Bertz CT molecular complexity index is 1660. The van der Waals surface area contributed by atoms with Gasteiger partial charge in [-0.1, -0.05) is 37.6 Å². The minimum absolute atomic E-state index is 0.0646. The Kier molecular flexibility index (Phi) is 10.9. The van der Waals surface area contributed by atoms with Gasteiger partial charge in [0.25, 0.3) is 0 Å². The molecule has 3 atom stereocenters. The average molecular weight is 684 g/mol. The minimum Gasteiger partial charge on any atom is -0.495 e. The van der Waals surface area contributed by atoms with Gasteiger partial charge in [0.05, 0.1) is 31.5 Å². The quantitative estimate of drug-likeness (QED) is 0.204. The average Bonchev–Trinajstić information content (AvgIpc) is 3.50. The van der Waals surface area contributed by atoms with Gasteiger partial charge >= 0.3 is 12.0 Å². The smallest absolute Gasteiger partial charge is 0.332 e. The van der Waals surface area contributed by atoms with Gasteiger partial charge in [-0.2, -0.15) is 0 Å². The molecule has 2 aromatic heterocycles. The lowest BCUT2D eigenvalue weighted by Gasteiger charge is -2.26. The second-order valence-corrected chi connectivity index (χ2v) is 13.4. The number of nitrogens with zero attached hydrogens (tertiary/aromatic N) is 3. The van der Waals surface area contributed by atoms with E-state index in [1.807, 2.05) is 29.7 Å². The fourth-order valence-corrected chi connectivity index (χ4v) is 6.79. The van der Waals surface area contributed by atoms with Gasteiger partial charge in [0.2, 0.25) is 5.91 Å². The van der Waals surface area contributed by atoms with Crippen LogP contribution in [0.25, 0.3) is 21.6 Å². The molecule has 47 heavy (non-hydrogen) atoms. The summed E-state index contributed by atoms with van der Waals surface area (Å²) in [7, 11) is 3.24. The van der Waals surface area contributed by atoms with Crippen LogP contribution in [0.3, 0.4) is 0 Å². The number of pyridine rings is 1. The fourth-order valence-electron chi connectivity index (χ4n) is 5.57. The summed E-state index contributed by atoms with van der Waals surface area (Å²) in [6.45, 7) is 6.70. The van der Waals surface area contributed by atoms with Gasteiger partial charge in [0.1, 0.15) is 38.8 Å². The zero-order chi connectivity index (χ0) is 33.7. The van der Waals surface area contributed by atoms with Crippen LogP contribution in [0.2, 0.25) is 5.02 Å². The maximum absolute atomic E-state index is 13.8. The summed E-state index contributed by atoms with van der Waals surface area (Å²) >= 11 is 8.20. The monoisotopic (exact) mass is 683 g/mol. The number of fused-ring (bicyclic) bond motifs is 2. The summed E-state index contributed by atoms with van der Waals surface area (Å²) in [6.07, 6.45) is 7.13. The lowest BCUT2D eigenvalue weighted by atomic mass is 10.1. The predicted octanol–water partition coefficient (Wildman–Crippen LogP) is 6.10. The van der Waals surface area contributed by atoms with E-state index in [1.54, 1.807) is 32.0 Å². The van der Waals surface area contributed by atoms with Crippen molar-refractivity contribution in [1.82, 2.24) is 25.5 Å². The first-order valence-corrected chi connectivity index (χ1v) is 17.3. The van der Waals surface area contributed by atoms with E-state index >= 15 is 0 Å². The number of halogens is 1. The zero-order valence-electron chi connectivity index (χ0n) is 27.4. The molecular weight excluding hydrogens is 642 g/mol. The molecule has 1 aromatic carbocycles. The van der Waals surface area contributed by atoms with Crippen LogP contribution in [0.15, 0.2) is 35.7 Å². The Balaban J connectivity index is 1.42. The third-order valence-corrected chi connectivity index (χ3v) is 9.76. The predicted molar refractivity (Wildman–Crippen MR) is 182 cm³/mol. The van der Waals surface area contributed by atoms with Crippen LogP contribution in [0.1, 0.15) is 64.5 Å². The number of aromatic nitrogens is 2. The Morgan fingerprint density at radius 3 is 2.74 bits per heavy atom. The van der Waals surface area contributed by atoms with Gasteiger partial charge in [0, 0.05) is 42.8 Å². The van der Waals surface area contributed by atoms with Gasteiger partial charge in [-0.15, -0.1) is 11.3 Å². The molecule has 0 radical (unpaired) electrons. The van der Waals surface area contributed by atoms with Crippen LogP contribution >= 0.6 is 22.9 Å². The standard InChI is InChI=1S/C34H42ClN5O6S/c1-6-45-32(42)34-18-21(34)11-9-7-8-10-15-40(4)33(43)38-23(30(41)39-34)14-16-46-27-17-24(31-37-25(19-47-31)20(2)3)36-29-22(27)12-13-26(44-5)28(29)35/h9,11-13,17,19-21,23H,6-8,10,14-16,18H2,1-5H3,(H,38,43)(H,39,41)/t21-,23+,34-/m1/s1. The molecule has 0 spiro atoms. The van der Waals surface area contributed by atoms with Crippen molar-refractivity contribution in [3.05, 3.63) is 46.4 Å². The highest BCUT2D eigenvalue weighted by Crippen LogP contribution is 2.46. The molecule has 2 N–H and O–H groups in total. The van der Waals surface area contributed by atoms with E-state index in [4.69, 9.17) is 35.8 Å². The van der Waals surface area contributed by atoms with Crippen LogP contribution < -0.4 is 20.1 Å². The number of amides is 3. The Morgan fingerprint density at radius 1 is 1.21 bits per heavy atom. The molecule has 252 valence electrons. The van der Waals surface area contributed by atoms with Crippen molar-refractivity contribution < 1.29 is 28.6 Å². The van der Waals surface area contributed by atoms with Crippen LogP contribution in [0.5, 0.6) is 11.5 Å². The number of methoxy groups -OCH3 is 1. The highest BCUT2D eigenvalue weighted by Gasteiger charge is 2.61. The van der Waals surface area contributed by atoms with Crippen LogP contribution in [-0.2, 0) is 14.3 Å². The number of carbonyl (C=O) groups is 3. The molecule has 1 saturated carbocycles. The molecule has 2 aliphatic rings. The molecule has 3 amide bonds. The van der Waals surface area contributed by atoms with Crippen molar-refractivity contribution >= 4 is 51.7 Å². The molecule has 0 bridgehead atoms. The van der Waals surface area contributed by atoms with Crippen molar-refractivity contribution in [1.29, 1.82) is 0 Å². The molecule has 1 aliphatic carbocycles. The summed E-state index contributed by atoms with van der Waals surface area (Å²) in [6, 6.07) is 4.02. The van der Waals surface area contributed by atoms with Crippen molar-refractivity contribution in [3.63, 3.8) is 0 Å². The summed E-state index contributed by atoms with van der Waals surface area (Å²) in [5.74, 6) is 0.103. The van der Waals surface area contributed by atoms with E-state index in [1.165, 1.54) is 11.3 Å². The summed E-state index contributed by atoms with van der Waals surface area (Å²) in [5, 5.41) is 9.52. The van der Waals surface area contributed by atoms with Crippen LogP contribution in [0, 0.1) is 5.92 Å². The summed E-state index contributed by atoms with van der Waals surface area (Å²) in [4.78, 5) is 51.1. The third-order valence-electron chi connectivity index (χ3n) is 8.51. The maximum Gasteiger partial charge on any atom is 0.332 e. The number of urea groups is 1. The largest absolute Gasteiger partial charge is 0.495 e. The number of hydrogen-bond donors (Lipinski definition) is 2. The number of allylic oxidation sites excluding steroid dienone is 1. The number of rotatable bonds is 9. The van der Waals surface area contributed by atoms with Gasteiger partial charge in [0.15, 0.2) is 0 Å². The van der Waals surface area contributed by atoms with Gasteiger partial charge in [-0.05, 0) is 50.7 Å². The minimum atomic E-state index is -1.15. The molecule has 3 aromatic rings. The number of nitrogens with one attached hydrogen (secondary N) is 2. The molecule has 5 rings (SSSR count). The first-order valence-electron chi connectivity index (χ1n) is 16.0. The molecule has 1 aliphatic heterocycles. The van der Waals surface area contributed by atoms with Gasteiger partial charge in [-0.3, -0.25) is 4.79 Å². The molecule has 1 fully saturated rings. The first kappa shape index (κ1) is 34.4. The van der Waals surface area contributed by atoms with E-state index in [2.05, 4.69) is 24.5 Å². The lowest BCUT2D eigenvalue weighted by Crippen LogP contribution is -2.56. The van der Waals surface area contributed by atoms with Crippen molar-refractivity contribution in [2.75, 3.05) is 33.9 Å². The van der Waals surface area contributed by atoms with Crippen LogP contribution in [0.4, 0.5) is 4.79 Å². The normalized spacial score (nSPS) is 21.9. The highest BCUT2D eigenvalue weighted by molar-refractivity contribution is 7.13. The number of carbonyl (C=O) groups excluding carboxylic acids is 3. The van der Waals surface area contributed by atoms with E-state index in [9.17, 15) is 14.4 Å². The van der Waals surface area contributed by atoms with Gasteiger partial charge in [-0.25, -0.2) is 19.6 Å². The first-order chi connectivity index (χ1) is 22.6. The lowest BCUT2D eigenvalue weighted by molar-refractivity contribution is -0.149. The topological polar surface area (TPSA) is 132 Å². The second kappa shape index (κ2) is 14.9. The molecule has 11 nitrogen and oxygen atoms in total. The second-order valence-electron chi connectivity index (χ2n) is 12.2. The van der Waals surface area contributed by atoms with Crippen molar-refractivity contribution in [3.8, 4) is 22.2 Å². The van der Waals surface area contributed by atoms with E-state index < -0.39 is 23.5 Å². The Labute approximate surface area is 284 Å². The Morgan fingerprint density at radius 2 is 2.02 bits per heavy atom. The van der Waals surface area contributed by atoms with Crippen LogP contribution in [-0.4, -0.2) is 78.3 Å². The number of thiazole rings is 1. The highest BCUT2D eigenvalue weighted by atomic mass is 35.5. The van der Waals surface area contributed by atoms with E-state index in [0.29, 0.717) is 46.1 Å². The van der Waals surface area contributed by atoms with E-state index in [-0.39, 0.29) is 37.5 Å². The van der Waals surface area contributed by atoms with Gasteiger partial charge < -0.3 is 29.7 Å². The summed E-state index contributed by atoms with van der Waals surface area (Å²) in [5.41, 5.74) is 0.891. The molecule has 0 saturated heterocycles. The fraction of sp³-hybridized carbons (Fsp3) is 0.500. The van der Waals surface area contributed by atoms with Crippen molar-refractivity contribution in [2.24, 2.45) is 5.92 Å². The number of hydrogen-bond acceptors (Lipinski definition) is 9. The molecule has 3 heterocycles. The zero-order valence-corrected chi connectivity index (χ0v) is 29.0. The number of esters is 1.